The van der Waals surface area contributed by atoms with E-state index in [1.54, 1.807) is 6.08 Å². The topological polar surface area (TPSA) is 21.3 Å². The third-order valence-corrected chi connectivity index (χ3v) is 3.86. The molecule has 0 aliphatic rings. The summed E-state index contributed by atoms with van der Waals surface area (Å²) >= 11 is 0. The molecule has 2 rings (SSSR count). The van der Waals surface area contributed by atoms with Crippen LogP contribution in [0.25, 0.3) is 6.08 Å². The summed E-state index contributed by atoms with van der Waals surface area (Å²) in [6.07, 6.45) is 6.78. The fraction of sp³-hybridized carbons (Fsp3) is 0.182. The molecule has 2 aromatic rings. The molecular formula is C22H25NO. The molecule has 0 atom stereocenters. The van der Waals surface area contributed by atoms with Crippen molar-refractivity contribution in [3.05, 3.63) is 95.9 Å². The van der Waals surface area contributed by atoms with Crippen molar-refractivity contribution in [1.82, 2.24) is 0 Å². The number of allylic oxidation sites excluding steroid dienone is 2. The highest BCUT2D eigenvalue weighted by molar-refractivity contribution is 5.67. The summed E-state index contributed by atoms with van der Waals surface area (Å²) in [5.41, 5.74) is 5.75. The average Bonchev–Trinajstić information content (AvgIpc) is 2.61. The van der Waals surface area contributed by atoms with Gasteiger partial charge in [0, 0.05) is 5.69 Å². The van der Waals surface area contributed by atoms with E-state index < -0.39 is 0 Å². The number of rotatable bonds is 8. The monoisotopic (exact) mass is 319 g/mol. The van der Waals surface area contributed by atoms with Crippen molar-refractivity contribution in [2.24, 2.45) is 0 Å². The quantitative estimate of drug-likeness (QED) is 0.486. The van der Waals surface area contributed by atoms with Crippen molar-refractivity contribution < 1.29 is 4.74 Å². The Morgan fingerprint density at radius 1 is 1.17 bits per heavy atom. The van der Waals surface area contributed by atoms with Crippen LogP contribution in [0.1, 0.15) is 29.2 Å². The second kappa shape index (κ2) is 8.78. The van der Waals surface area contributed by atoms with E-state index in [0.717, 1.165) is 23.2 Å². The number of anilines is 1. The molecule has 0 aliphatic carbocycles. The number of aryl methyl sites for hydroxylation is 1. The molecule has 0 aromatic heterocycles. The van der Waals surface area contributed by atoms with Crippen molar-refractivity contribution in [3.63, 3.8) is 0 Å². The Hall–Kier alpha value is -2.74. The highest BCUT2D eigenvalue weighted by Gasteiger charge is 2.07. The summed E-state index contributed by atoms with van der Waals surface area (Å²) in [4.78, 5) is 0. The number of ether oxygens (including phenoxy) is 1. The van der Waals surface area contributed by atoms with Gasteiger partial charge in [0.2, 0.25) is 0 Å². The first-order chi connectivity index (χ1) is 11.6. The van der Waals surface area contributed by atoms with Gasteiger partial charge < -0.3 is 10.1 Å². The molecule has 2 aromatic carbocycles. The van der Waals surface area contributed by atoms with Gasteiger partial charge in [-0.15, -0.1) is 0 Å². The molecule has 0 fully saturated rings. The zero-order valence-corrected chi connectivity index (χ0v) is 14.5. The van der Waals surface area contributed by atoms with Crippen LogP contribution in [0.4, 0.5) is 5.69 Å². The van der Waals surface area contributed by atoms with Crippen LogP contribution >= 0.6 is 0 Å². The molecule has 0 saturated heterocycles. The van der Waals surface area contributed by atoms with Gasteiger partial charge in [-0.05, 0) is 48.2 Å². The van der Waals surface area contributed by atoms with Gasteiger partial charge in [0.25, 0.3) is 0 Å². The SMILES string of the molecule is C=C/C=C\c1cc(CC)cc(NC(=C)OCc2ccccc2)c1C. The second-order valence-corrected chi connectivity index (χ2v) is 5.63. The molecule has 0 amide bonds. The second-order valence-electron chi connectivity index (χ2n) is 5.63. The van der Waals surface area contributed by atoms with Crippen LogP contribution in [0.3, 0.4) is 0 Å². The maximum atomic E-state index is 5.74. The summed E-state index contributed by atoms with van der Waals surface area (Å²) in [6, 6.07) is 14.4. The average molecular weight is 319 g/mol. The fourth-order valence-corrected chi connectivity index (χ4v) is 2.41. The minimum absolute atomic E-state index is 0.502. The predicted molar refractivity (Wildman–Crippen MR) is 104 cm³/mol. The standard InChI is InChI=1S/C22H25NO/c1-5-7-13-21-14-19(6-2)15-22(17(21)3)23-18(4)24-16-20-11-9-8-10-12-20/h5,7-15,23H,1,4,6,16H2,2-3H3/b13-7-. The Kier molecular flexibility index (Phi) is 6.44. The summed E-state index contributed by atoms with van der Waals surface area (Å²) in [6.45, 7) is 12.5. The van der Waals surface area contributed by atoms with Crippen LogP contribution in [0.5, 0.6) is 0 Å². The lowest BCUT2D eigenvalue weighted by Gasteiger charge is -2.16. The van der Waals surface area contributed by atoms with Crippen LogP contribution in [0.2, 0.25) is 0 Å². The summed E-state index contributed by atoms with van der Waals surface area (Å²) in [5.74, 6) is 0.550. The highest BCUT2D eigenvalue weighted by atomic mass is 16.5. The Labute approximate surface area is 145 Å². The number of hydrogen-bond acceptors (Lipinski definition) is 2. The molecule has 0 spiro atoms. The molecule has 0 unspecified atom stereocenters. The molecule has 1 N–H and O–H groups in total. The molecule has 0 aliphatic heterocycles. The molecule has 2 heteroatoms. The van der Waals surface area contributed by atoms with Crippen LogP contribution in [-0.2, 0) is 17.8 Å². The van der Waals surface area contributed by atoms with Gasteiger partial charge >= 0.3 is 0 Å². The molecular weight excluding hydrogens is 294 g/mol. The maximum Gasteiger partial charge on any atom is 0.184 e. The fourth-order valence-electron chi connectivity index (χ4n) is 2.41. The van der Waals surface area contributed by atoms with Crippen LogP contribution in [-0.4, -0.2) is 0 Å². The lowest BCUT2D eigenvalue weighted by atomic mass is 10.0. The van der Waals surface area contributed by atoms with Crippen LogP contribution in [0, 0.1) is 6.92 Å². The van der Waals surface area contributed by atoms with E-state index >= 15 is 0 Å². The molecule has 0 heterocycles. The van der Waals surface area contributed by atoms with Crippen LogP contribution < -0.4 is 5.32 Å². The first-order valence-electron chi connectivity index (χ1n) is 8.19. The summed E-state index contributed by atoms with van der Waals surface area (Å²) < 4.78 is 5.74. The van der Waals surface area contributed by atoms with E-state index in [0.29, 0.717) is 12.5 Å². The summed E-state index contributed by atoms with van der Waals surface area (Å²) in [5, 5.41) is 3.30. The van der Waals surface area contributed by atoms with E-state index in [2.05, 4.69) is 50.5 Å². The Balaban J connectivity index is 2.11. The zero-order valence-electron chi connectivity index (χ0n) is 14.5. The third-order valence-electron chi connectivity index (χ3n) is 3.86. The number of hydrogen-bond donors (Lipinski definition) is 1. The van der Waals surface area contributed by atoms with Crippen molar-refractivity contribution >= 4 is 11.8 Å². The normalized spacial score (nSPS) is 10.6. The highest BCUT2D eigenvalue weighted by Crippen LogP contribution is 2.25. The van der Waals surface area contributed by atoms with Crippen molar-refractivity contribution in [2.45, 2.75) is 26.9 Å². The number of benzene rings is 2. The van der Waals surface area contributed by atoms with Gasteiger partial charge in [-0.1, -0.05) is 68.1 Å². The minimum atomic E-state index is 0.502. The minimum Gasteiger partial charge on any atom is -0.475 e. The lowest BCUT2D eigenvalue weighted by Crippen LogP contribution is -2.05. The Morgan fingerprint density at radius 3 is 2.58 bits per heavy atom. The van der Waals surface area contributed by atoms with Crippen molar-refractivity contribution in [1.29, 1.82) is 0 Å². The van der Waals surface area contributed by atoms with E-state index in [1.807, 2.05) is 36.4 Å². The van der Waals surface area contributed by atoms with E-state index in [1.165, 1.54) is 11.1 Å². The van der Waals surface area contributed by atoms with Gasteiger partial charge in [-0.25, -0.2) is 0 Å². The summed E-state index contributed by atoms with van der Waals surface area (Å²) in [7, 11) is 0. The molecule has 0 saturated carbocycles. The number of nitrogens with one attached hydrogen (secondary N) is 1. The van der Waals surface area contributed by atoms with Gasteiger partial charge in [0.1, 0.15) is 6.61 Å². The molecule has 0 bridgehead atoms. The smallest absolute Gasteiger partial charge is 0.184 e. The predicted octanol–water partition coefficient (Wildman–Crippen LogP) is 5.86. The lowest BCUT2D eigenvalue weighted by molar-refractivity contribution is 0.205. The van der Waals surface area contributed by atoms with Gasteiger partial charge in [-0.2, -0.15) is 0 Å². The third kappa shape index (κ3) is 4.88. The van der Waals surface area contributed by atoms with Gasteiger partial charge in [0.15, 0.2) is 5.88 Å². The zero-order chi connectivity index (χ0) is 17.4. The van der Waals surface area contributed by atoms with Crippen molar-refractivity contribution in [2.75, 3.05) is 5.32 Å². The Morgan fingerprint density at radius 2 is 1.92 bits per heavy atom. The first-order valence-corrected chi connectivity index (χ1v) is 8.19. The molecule has 2 nitrogen and oxygen atoms in total. The van der Waals surface area contributed by atoms with Crippen molar-refractivity contribution in [3.8, 4) is 0 Å². The van der Waals surface area contributed by atoms with E-state index in [-0.39, 0.29) is 0 Å². The largest absolute Gasteiger partial charge is 0.475 e. The molecule has 24 heavy (non-hydrogen) atoms. The maximum absolute atomic E-state index is 5.74. The van der Waals surface area contributed by atoms with Gasteiger partial charge in [-0.3, -0.25) is 0 Å². The van der Waals surface area contributed by atoms with Crippen LogP contribution in [0.15, 0.2) is 73.7 Å². The Bertz CT molecular complexity index is 729. The molecule has 124 valence electrons. The van der Waals surface area contributed by atoms with Gasteiger partial charge in [0.05, 0.1) is 0 Å². The van der Waals surface area contributed by atoms with E-state index in [4.69, 9.17) is 4.74 Å². The molecule has 0 radical (unpaired) electrons. The first kappa shape index (κ1) is 17.6. The van der Waals surface area contributed by atoms with E-state index in [9.17, 15) is 0 Å².